The Morgan fingerprint density at radius 1 is 0.638 bits per heavy atom. The molecule has 0 radical (unpaired) electrons. The molecule has 2 aliphatic carbocycles. The van der Waals surface area contributed by atoms with E-state index < -0.39 is 0 Å². The number of allylic oxidation sites excluding steroid dienone is 7. The average Bonchev–Trinajstić information content (AvgIpc) is 3.67. The smallest absolute Gasteiger partial charge is 0.0562 e. The molecule has 3 N–H and O–H groups in total. The minimum atomic E-state index is 0.867. The van der Waals surface area contributed by atoms with Crippen molar-refractivity contribution in [3.8, 4) is 11.1 Å². The highest BCUT2D eigenvalue weighted by Gasteiger charge is 2.22. The lowest BCUT2D eigenvalue weighted by atomic mass is 9.87. The van der Waals surface area contributed by atoms with Crippen molar-refractivity contribution in [2.75, 3.05) is 0 Å². The number of para-hydroxylation sites is 1. The maximum Gasteiger partial charge on any atom is 0.0562 e. The van der Waals surface area contributed by atoms with E-state index in [1.54, 1.807) is 0 Å². The van der Waals surface area contributed by atoms with Gasteiger partial charge in [-0.05, 0) is 83.9 Å². The first kappa shape index (κ1) is 28.9. The van der Waals surface area contributed by atoms with Crippen LogP contribution in [-0.4, -0.2) is 9.55 Å². The van der Waals surface area contributed by atoms with Crippen molar-refractivity contribution in [1.82, 2.24) is 9.55 Å². The van der Waals surface area contributed by atoms with Crippen molar-refractivity contribution in [2.24, 2.45) is 5.73 Å². The third-order valence-electron chi connectivity index (χ3n) is 9.61. The van der Waals surface area contributed by atoms with E-state index in [0.29, 0.717) is 0 Å². The zero-order valence-electron chi connectivity index (χ0n) is 27.1. The van der Waals surface area contributed by atoms with Gasteiger partial charge in [0.25, 0.3) is 0 Å². The van der Waals surface area contributed by atoms with Crippen LogP contribution < -0.4 is 5.73 Å². The molecule has 5 aromatic carbocycles. The predicted molar refractivity (Wildman–Crippen MR) is 203 cm³/mol. The number of nitrogens with two attached hydrogens (primary N) is 1. The molecular formula is C44H39N3. The van der Waals surface area contributed by atoms with E-state index in [0.717, 1.165) is 48.0 Å². The normalized spacial score (nSPS) is 14.9. The average molecular weight is 610 g/mol. The van der Waals surface area contributed by atoms with Crippen LogP contribution in [0.1, 0.15) is 50.7 Å². The van der Waals surface area contributed by atoms with E-state index in [-0.39, 0.29) is 0 Å². The van der Waals surface area contributed by atoms with Gasteiger partial charge in [-0.15, -0.1) is 0 Å². The quantitative estimate of drug-likeness (QED) is 0.205. The second-order valence-electron chi connectivity index (χ2n) is 12.2. The summed E-state index contributed by atoms with van der Waals surface area (Å²) in [5.41, 5.74) is 20.9. The Morgan fingerprint density at radius 2 is 1.36 bits per heavy atom. The monoisotopic (exact) mass is 609 g/mol. The third-order valence-corrected chi connectivity index (χ3v) is 9.61. The number of fused-ring (bicyclic) bond motifs is 6. The van der Waals surface area contributed by atoms with E-state index in [1.165, 1.54) is 66.1 Å². The second kappa shape index (κ2) is 12.0. The molecule has 0 unspecified atom stereocenters. The zero-order valence-corrected chi connectivity index (χ0v) is 27.1. The molecule has 230 valence electrons. The number of aromatic amines is 1. The molecule has 0 atom stereocenters. The van der Waals surface area contributed by atoms with Crippen LogP contribution in [0, 0.1) is 0 Å². The van der Waals surface area contributed by atoms with Gasteiger partial charge in [0, 0.05) is 49.5 Å². The van der Waals surface area contributed by atoms with Crippen LogP contribution in [0.3, 0.4) is 0 Å². The molecule has 47 heavy (non-hydrogen) atoms. The molecule has 3 heteroatoms. The number of rotatable bonds is 4. The van der Waals surface area contributed by atoms with Crippen molar-refractivity contribution in [2.45, 2.75) is 39.5 Å². The summed E-state index contributed by atoms with van der Waals surface area (Å²) in [6.07, 6.45) is 13.2. The van der Waals surface area contributed by atoms with Gasteiger partial charge in [0.05, 0.1) is 11.0 Å². The summed E-state index contributed by atoms with van der Waals surface area (Å²) < 4.78 is 2.48. The molecule has 0 spiro atoms. The van der Waals surface area contributed by atoms with Gasteiger partial charge in [-0.25, -0.2) is 0 Å². The molecule has 2 aromatic heterocycles. The first-order valence-corrected chi connectivity index (χ1v) is 17.0. The molecule has 0 saturated carbocycles. The summed E-state index contributed by atoms with van der Waals surface area (Å²) in [5.74, 6) is 0. The van der Waals surface area contributed by atoms with Crippen LogP contribution in [0.15, 0.2) is 139 Å². The van der Waals surface area contributed by atoms with Gasteiger partial charge in [0.15, 0.2) is 0 Å². The molecule has 0 bridgehead atoms. The summed E-state index contributed by atoms with van der Waals surface area (Å²) in [6.45, 7) is 4.00. The van der Waals surface area contributed by atoms with Crippen molar-refractivity contribution in [3.05, 3.63) is 150 Å². The molecule has 0 amide bonds. The largest absolute Gasteiger partial charge is 0.398 e. The van der Waals surface area contributed by atoms with Crippen LogP contribution in [-0.2, 0) is 0 Å². The predicted octanol–water partition coefficient (Wildman–Crippen LogP) is 11.9. The number of hydrogen-bond donors (Lipinski definition) is 2. The Labute approximate surface area is 276 Å². The Morgan fingerprint density at radius 3 is 2.15 bits per heavy atom. The fraction of sp³-hybridized carbons (Fsp3) is 0.136. The minimum absolute atomic E-state index is 0.867. The van der Waals surface area contributed by atoms with E-state index >= 15 is 0 Å². The van der Waals surface area contributed by atoms with E-state index in [1.807, 2.05) is 13.8 Å². The van der Waals surface area contributed by atoms with Crippen molar-refractivity contribution in [1.29, 1.82) is 0 Å². The highest BCUT2D eigenvalue weighted by atomic mass is 15.0. The maximum absolute atomic E-state index is 6.63. The molecule has 2 aliphatic rings. The van der Waals surface area contributed by atoms with Crippen molar-refractivity contribution in [3.63, 3.8) is 0 Å². The molecule has 0 fully saturated rings. The Hall–Kier alpha value is -5.54. The lowest BCUT2D eigenvalue weighted by Gasteiger charge is -2.19. The molecule has 0 aliphatic heterocycles. The zero-order chi connectivity index (χ0) is 31.9. The lowest BCUT2D eigenvalue weighted by molar-refractivity contribution is 1.02. The Balaban J connectivity index is 0.00000159. The summed E-state index contributed by atoms with van der Waals surface area (Å²) >= 11 is 0. The van der Waals surface area contributed by atoms with Gasteiger partial charge in [0.1, 0.15) is 0 Å². The second-order valence-corrected chi connectivity index (χ2v) is 12.2. The van der Waals surface area contributed by atoms with Crippen LogP contribution in [0.4, 0.5) is 0 Å². The number of nitrogens with one attached hydrogen (secondary N) is 1. The van der Waals surface area contributed by atoms with Gasteiger partial charge in [-0.3, -0.25) is 0 Å². The molecule has 0 saturated heterocycles. The lowest BCUT2D eigenvalue weighted by Crippen LogP contribution is -2.05. The standard InChI is InChI=1S/C42H33N3.C2H6/c43-35-20-10-7-18-30(35)32-23-24-36-42(41(32)28-15-5-2-6-16-28)34-25-33-31-19-9-12-22-39(31)45(40(33)26-37(34)44-36)38-21-11-8-17-29(38)27-13-3-1-4-14-27;1-2/h1-6,9,11-16,18-26,44H,7-8,10,17,43H2;1-2H3. The SMILES string of the molecule is CC.NC1=CCCC=C1c1ccc2[nH]c3cc4c(cc3c2c1-c1ccccc1)c1ccccc1n4C1=C(c2ccccc2)CCC=C1. The van der Waals surface area contributed by atoms with E-state index in [2.05, 4.69) is 143 Å². The number of aromatic nitrogens is 2. The van der Waals surface area contributed by atoms with Gasteiger partial charge in [-0.1, -0.05) is 117 Å². The summed E-state index contributed by atoms with van der Waals surface area (Å²) in [4.78, 5) is 3.83. The van der Waals surface area contributed by atoms with Crippen LogP contribution >= 0.6 is 0 Å². The Kier molecular flexibility index (Phi) is 7.38. The fourth-order valence-electron chi connectivity index (χ4n) is 7.60. The number of H-pyrrole nitrogens is 1. The molecule has 9 rings (SSSR count). The first-order chi connectivity index (χ1) is 23.3. The molecule has 7 aromatic rings. The van der Waals surface area contributed by atoms with Crippen LogP contribution in [0.25, 0.3) is 71.6 Å². The van der Waals surface area contributed by atoms with Gasteiger partial charge in [0.2, 0.25) is 0 Å². The van der Waals surface area contributed by atoms with E-state index in [9.17, 15) is 0 Å². The van der Waals surface area contributed by atoms with Gasteiger partial charge < -0.3 is 15.3 Å². The van der Waals surface area contributed by atoms with Crippen molar-refractivity contribution < 1.29 is 0 Å². The van der Waals surface area contributed by atoms with Crippen LogP contribution in [0.5, 0.6) is 0 Å². The summed E-state index contributed by atoms with van der Waals surface area (Å²) in [7, 11) is 0. The number of hydrogen-bond acceptors (Lipinski definition) is 1. The highest BCUT2D eigenvalue weighted by Crippen LogP contribution is 2.45. The van der Waals surface area contributed by atoms with Gasteiger partial charge >= 0.3 is 0 Å². The third kappa shape index (κ3) is 4.73. The fourth-order valence-corrected chi connectivity index (χ4v) is 7.60. The molecule has 2 heterocycles. The molecule has 3 nitrogen and oxygen atoms in total. The van der Waals surface area contributed by atoms with Crippen LogP contribution in [0.2, 0.25) is 0 Å². The van der Waals surface area contributed by atoms with E-state index in [4.69, 9.17) is 5.73 Å². The first-order valence-electron chi connectivity index (χ1n) is 17.0. The highest BCUT2D eigenvalue weighted by molar-refractivity contribution is 6.23. The topological polar surface area (TPSA) is 46.7 Å². The van der Waals surface area contributed by atoms with Crippen molar-refractivity contribution >= 4 is 60.5 Å². The molecular weight excluding hydrogens is 571 g/mol. The minimum Gasteiger partial charge on any atom is -0.398 e. The summed E-state index contributed by atoms with van der Waals surface area (Å²) in [6, 6.07) is 39.8. The summed E-state index contributed by atoms with van der Waals surface area (Å²) in [5, 5.41) is 5.01. The Bertz CT molecular complexity index is 2410. The van der Waals surface area contributed by atoms with Gasteiger partial charge in [-0.2, -0.15) is 0 Å². The number of benzene rings is 5. The number of nitrogens with zero attached hydrogens (tertiary/aromatic N) is 1. The maximum atomic E-state index is 6.63.